The minimum atomic E-state index is -0.332. The highest BCUT2D eigenvalue weighted by Gasteiger charge is 2.38. The molecular weight excluding hydrogens is 292 g/mol. The maximum absolute atomic E-state index is 11.5. The first-order chi connectivity index (χ1) is 10.7. The standard InChI is InChI=1S/C19H28O4/c1-7-22-18(21)12-13(2)8-10-16-14(3)9-11-17(19(16,5)6)23-15(4)20/h8,10,12,17H,7,9,11H2,1-6H3/b10-8+,13-12-. The Labute approximate surface area is 139 Å². The van der Waals surface area contributed by atoms with Gasteiger partial charge in [0.15, 0.2) is 0 Å². The number of ether oxygens (including phenoxy) is 2. The van der Waals surface area contributed by atoms with Crippen LogP contribution in [0.2, 0.25) is 0 Å². The molecule has 4 nitrogen and oxygen atoms in total. The Bertz CT molecular complexity index is 550. The molecule has 0 aliphatic heterocycles. The topological polar surface area (TPSA) is 52.6 Å². The summed E-state index contributed by atoms with van der Waals surface area (Å²) < 4.78 is 10.4. The lowest BCUT2D eigenvalue weighted by Crippen LogP contribution is -2.38. The highest BCUT2D eigenvalue weighted by Crippen LogP contribution is 2.42. The van der Waals surface area contributed by atoms with Gasteiger partial charge in [-0.1, -0.05) is 31.6 Å². The van der Waals surface area contributed by atoms with Crippen molar-refractivity contribution in [2.45, 2.75) is 60.5 Å². The fourth-order valence-electron chi connectivity index (χ4n) is 2.96. The second kappa shape index (κ2) is 8.14. The molecule has 0 aromatic rings. The van der Waals surface area contributed by atoms with E-state index in [0.29, 0.717) is 6.61 Å². The first-order valence-electron chi connectivity index (χ1n) is 8.09. The molecule has 1 aliphatic rings. The summed E-state index contributed by atoms with van der Waals surface area (Å²) in [7, 11) is 0. The van der Waals surface area contributed by atoms with Gasteiger partial charge in [-0.2, -0.15) is 0 Å². The molecule has 0 saturated carbocycles. The van der Waals surface area contributed by atoms with Gasteiger partial charge in [0, 0.05) is 18.4 Å². The molecule has 0 bridgehead atoms. The van der Waals surface area contributed by atoms with Crippen LogP contribution >= 0.6 is 0 Å². The molecule has 0 fully saturated rings. The van der Waals surface area contributed by atoms with Crippen molar-refractivity contribution in [3.63, 3.8) is 0 Å². The van der Waals surface area contributed by atoms with E-state index in [0.717, 1.165) is 24.0 Å². The fourth-order valence-corrected chi connectivity index (χ4v) is 2.96. The Kier molecular flexibility index (Phi) is 6.79. The molecule has 1 unspecified atom stereocenters. The summed E-state index contributed by atoms with van der Waals surface area (Å²) in [6, 6.07) is 0. The molecule has 0 amide bonds. The number of carbonyl (C=O) groups excluding carboxylic acids is 2. The number of hydrogen-bond acceptors (Lipinski definition) is 4. The van der Waals surface area contributed by atoms with Gasteiger partial charge < -0.3 is 9.47 Å². The van der Waals surface area contributed by atoms with Crippen molar-refractivity contribution in [1.29, 1.82) is 0 Å². The van der Waals surface area contributed by atoms with Gasteiger partial charge in [-0.15, -0.1) is 0 Å². The van der Waals surface area contributed by atoms with Gasteiger partial charge >= 0.3 is 11.9 Å². The minimum Gasteiger partial charge on any atom is -0.463 e. The number of carbonyl (C=O) groups is 2. The van der Waals surface area contributed by atoms with Gasteiger partial charge in [0.2, 0.25) is 0 Å². The number of allylic oxidation sites excluding steroid dienone is 4. The molecule has 23 heavy (non-hydrogen) atoms. The predicted octanol–water partition coefficient (Wildman–Crippen LogP) is 4.12. The average Bonchev–Trinajstić information content (AvgIpc) is 2.41. The van der Waals surface area contributed by atoms with E-state index < -0.39 is 0 Å². The van der Waals surface area contributed by atoms with Gasteiger partial charge in [-0.3, -0.25) is 4.79 Å². The molecule has 0 N–H and O–H groups in total. The van der Waals surface area contributed by atoms with Gasteiger partial charge in [0.25, 0.3) is 0 Å². The van der Waals surface area contributed by atoms with Crippen molar-refractivity contribution < 1.29 is 19.1 Å². The molecule has 4 heteroatoms. The summed E-state index contributed by atoms with van der Waals surface area (Å²) in [4.78, 5) is 22.8. The summed E-state index contributed by atoms with van der Waals surface area (Å²) in [6.07, 6.45) is 7.03. The predicted molar refractivity (Wildman–Crippen MR) is 90.8 cm³/mol. The van der Waals surface area contributed by atoms with Crippen LogP contribution in [0.1, 0.15) is 54.4 Å². The van der Waals surface area contributed by atoms with Crippen molar-refractivity contribution in [3.8, 4) is 0 Å². The van der Waals surface area contributed by atoms with Crippen LogP contribution in [0.4, 0.5) is 0 Å². The largest absolute Gasteiger partial charge is 0.463 e. The van der Waals surface area contributed by atoms with Crippen molar-refractivity contribution in [2.24, 2.45) is 5.41 Å². The van der Waals surface area contributed by atoms with E-state index in [1.54, 1.807) is 6.92 Å². The molecule has 0 heterocycles. The highest BCUT2D eigenvalue weighted by atomic mass is 16.5. The van der Waals surface area contributed by atoms with Crippen molar-refractivity contribution in [2.75, 3.05) is 6.61 Å². The summed E-state index contributed by atoms with van der Waals surface area (Å²) in [6.45, 7) is 11.8. The number of esters is 2. The van der Waals surface area contributed by atoms with Crippen LogP contribution in [-0.4, -0.2) is 24.6 Å². The third kappa shape index (κ3) is 5.38. The zero-order valence-electron chi connectivity index (χ0n) is 15.1. The van der Waals surface area contributed by atoms with E-state index >= 15 is 0 Å². The van der Waals surface area contributed by atoms with Gasteiger partial charge in [-0.25, -0.2) is 4.79 Å². The van der Waals surface area contributed by atoms with Crippen molar-refractivity contribution in [3.05, 3.63) is 34.9 Å². The third-order valence-corrected chi connectivity index (χ3v) is 4.19. The minimum absolute atomic E-state index is 0.127. The van der Waals surface area contributed by atoms with Crippen LogP contribution in [0.5, 0.6) is 0 Å². The molecular formula is C19H28O4. The van der Waals surface area contributed by atoms with Crippen LogP contribution in [0, 0.1) is 5.41 Å². The molecule has 0 aromatic heterocycles. The van der Waals surface area contributed by atoms with Gasteiger partial charge in [0.1, 0.15) is 6.10 Å². The first-order valence-corrected chi connectivity index (χ1v) is 8.09. The lowest BCUT2D eigenvalue weighted by molar-refractivity contribution is -0.152. The van der Waals surface area contributed by atoms with Crippen LogP contribution in [-0.2, 0) is 19.1 Å². The third-order valence-electron chi connectivity index (χ3n) is 4.19. The lowest BCUT2D eigenvalue weighted by Gasteiger charge is -2.40. The zero-order chi connectivity index (χ0) is 17.6. The molecule has 0 saturated heterocycles. The first kappa shape index (κ1) is 19.2. The number of rotatable bonds is 5. The summed E-state index contributed by atoms with van der Waals surface area (Å²) in [5, 5.41) is 0. The summed E-state index contributed by atoms with van der Waals surface area (Å²) in [5.74, 6) is -0.578. The van der Waals surface area contributed by atoms with Crippen molar-refractivity contribution in [1.82, 2.24) is 0 Å². The van der Waals surface area contributed by atoms with Crippen LogP contribution in [0.3, 0.4) is 0 Å². The average molecular weight is 320 g/mol. The van der Waals surface area contributed by atoms with E-state index in [9.17, 15) is 9.59 Å². The van der Waals surface area contributed by atoms with E-state index in [-0.39, 0.29) is 23.5 Å². The summed E-state index contributed by atoms with van der Waals surface area (Å²) >= 11 is 0. The molecule has 0 aromatic carbocycles. The quantitative estimate of drug-likeness (QED) is 0.434. The molecule has 1 rings (SSSR count). The lowest BCUT2D eigenvalue weighted by atomic mass is 9.70. The van der Waals surface area contributed by atoms with E-state index in [1.807, 2.05) is 19.1 Å². The maximum Gasteiger partial charge on any atom is 0.330 e. The van der Waals surface area contributed by atoms with Gasteiger partial charge in [-0.05, 0) is 44.8 Å². The normalized spacial score (nSPS) is 21.5. The maximum atomic E-state index is 11.5. The molecule has 128 valence electrons. The Morgan fingerprint density at radius 3 is 2.52 bits per heavy atom. The Morgan fingerprint density at radius 1 is 1.30 bits per heavy atom. The van der Waals surface area contributed by atoms with E-state index in [1.165, 1.54) is 18.6 Å². The fraction of sp³-hybridized carbons (Fsp3) is 0.579. The molecule has 0 spiro atoms. The molecule has 1 atom stereocenters. The van der Waals surface area contributed by atoms with E-state index in [2.05, 4.69) is 20.8 Å². The van der Waals surface area contributed by atoms with E-state index in [4.69, 9.17) is 9.47 Å². The van der Waals surface area contributed by atoms with Gasteiger partial charge in [0.05, 0.1) is 6.61 Å². The Hall–Kier alpha value is -1.84. The van der Waals surface area contributed by atoms with Crippen LogP contribution < -0.4 is 0 Å². The molecule has 0 radical (unpaired) electrons. The molecule has 1 aliphatic carbocycles. The number of hydrogen-bond donors (Lipinski definition) is 0. The van der Waals surface area contributed by atoms with Crippen LogP contribution in [0.25, 0.3) is 0 Å². The zero-order valence-corrected chi connectivity index (χ0v) is 15.1. The second-order valence-corrected chi connectivity index (χ2v) is 6.53. The highest BCUT2D eigenvalue weighted by molar-refractivity contribution is 5.83. The monoisotopic (exact) mass is 320 g/mol. The Balaban J connectivity index is 2.98. The van der Waals surface area contributed by atoms with Crippen molar-refractivity contribution >= 4 is 11.9 Å². The van der Waals surface area contributed by atoms with Crippen LogP contribution in [0.15, 0.2) is 34.9 Å². The Morgan fingerprint density at radius 2 is 1.96 bits per heavy atom. The second-order valence-electron chi connectivity index (χ2n) is 6.53. The smallest absolute Gasteiger partial charge is 0.330 e. The SMILES string of the molecule is CCOC(=O)/C=C(C)\C=C\C1=C(C)CCC(OC(C)=O)C1(C)C. The summed E-state index contributed by atoms with van der Waals surface area (Å²) in [5.41, 5.74) is 3.02.